The third kappa shape index (κ3) is 4.13. The van der Waals surface area contributed by atoms with Gasteiger partial charge in [-0.2, -0.15) is 0 Å². The van der Waals surface area contributed by atoms with E-state index in [4.69, 9.17) is 4.74 Å². The molecule has 1 aromatic rings. The molecule has 0 bridgehead atoms. The molecule has 32 heavy (non-hydrogen) atoms. The number of imide groups is 1. The highest BCUT2D eigenvalue weighted by Crippen LogP contribution is 2.35. The van der Waals surface area contributed by atoms with Crippen molar-refractivity contribution < 1.29 is 23.9 Å². The third-order valence-corrected chi connectivity index (χ3v) is 6.24. The summed E-state index contributed by atoms with van der Waals surface area (Å²) in [6, 6.07) is 7.20. The van der Waals surface area contributed by atoms with Crippen molar-refractivity contribution in [2.45, 2.75) is 39.2 Å². The zero-order valence-corrected chi connectivity index (χ0v) is 18.5. The number of nitrogens with zero attached hydrogens (tertiary/aromatic N) is 3. The molecule has 2 aliphatic heterocycles. The molecule has 0 radical (unpaired) electrons. The second kappa shape index (κ2) is 9.14. The lowest BCUT2D eigenvalue weighted by Crippen LogP contribution is -2.55. The number of benzene rings is 1. The predicted octanol–water partition coefficient (Wildman–Crippen LogP) is 1.99. The van der Waals surface area contributed by atoms with Crippen LogP contribution < -0.4 is 9.64 Å². The molecule has 8 nitrogen and oxygen atoms in total. The molecule has 0 spiro atoms. The van der Waals surface area contributed by atoms with Crippen LogP contribution in [0.15, 0.2) is 36.4 Å². The summed E-state index contributed by atoms with van der Waals surface area (Å²) in [7, 11) is 0. The average molecular weight is 440 g/mol. The molecule has 0 saturated carbocycles. The summed E-state index contributed by atoms with van der Waals surface area (Å²) in [5, 5.41) is 0. The van der Waals surface area contributed by atoms with Gasteiger partial charge in [-0.3, -0.25) is 29.0 Å². The summed E-state index contributed by atoms with van der Waals surface area (Å²) in [4.78, 5) is 55.0. The van der Waals surface area contributed by atoms with Gasteiger partial charge in [0.1, 0.15) is 5.75 Å². The molecule has 8 heteroatoms. The van der Waals surface area contributed by atoms with Crippen LogP contribution in [0.2, 0.25) is 0 Å². The van der Waals surface area contributed by atoms with Crippen molar-refractivity contribution >= 4 is 29.3 Å². The van der Waals surface area contributed by atoms with Crippen molar-refractivity contribution in [2.24, 2.45) is 11.8 Å². The van der Waals surface area contributed by atoms with Gasteiger partial charge in [0.05, 0.1) is 23.6 Å². The number of carbonyl (C=O) groups excluding carboxylic acids is 4. The molecular formula is C24H29N3O5. The number of hydrogen-bond acceptors (Lipinski definition) is 5. The maximum Gasteiger partial charge on any atom is 0.316 e. The van der Waals surface area contributed by atoms with Crippen molar-refractivity contribution in [2.75, 3.05) is 31.1 Å². The Balaban J connectivity index is 1.34. The first kappa shape index (κ1) is 22.0. The van der Waals surface area contributed by atoms with Crippen LogP contribution in [0.3, 0.4) is 0 Å². The molecule has 170 valence electrons. The van der Waals surface area contributed by atoms with Gasteiger partial charge in [-0.1, -0.05) is 24.3 Å². The van der Waals surface area contributed by atoms with E-state index in [2.05, 4.69) is 0 Å². The van der Waals surface area contributed by atoms with Crippen LogP contribution in [-0.2, 0) is 19.2 Å². The Bertz CT molecular complexity index is 931. The molecule has 2 saturated heterocycles. The predicted molar refractivity (Wildman–Crippen MR) is 118 cm³/mol. The minimum atomic E-state index is -0.596. The zero-order valence-electron chi connectivity index (χ0n) is 18.5. The zero-order chi connectivity index (χ0) is 22.8. The Morgan fingerprint density at radius 2 is 1.56 bits per heavy atom. The minimum absolute atomic E-state index is 0.0566. The topological polar surface area (TPSA) is 87.2 Å². The SMILES string of the molecule is CC(C)Oc1ccccc1N1CCN(CCCN2C(=O)C3CC=CCC3C2=O)C(=O)C1=O. The number of para-hydroxylation sites is 2. The van der Waals surface area contributed by atoms with Gasteiger partial charge in [0.15, 0.2) is 0 Å². The summed E-state index contributed by atoms with van der Waals surface area (Å²) in [5.41, 5.74) is 0.587. The van der Waals surface area contributed by atoms with E-state index in [0.717, 1.165) is 0 Å². The summed E-state index contributed by atoms with van der Waals surface area (Å²) >= 11 is 0. The Labute approximate surface area is 187 Å². The van der Waals surface area contributed by atoms with E-state index in [0.29, 0.717) is 50.3 Å². The summed E-state index contributed by atoms with van der Waals surface area (Å²) in [6.07, 6.45) is 5.55. The maximum atomic E-state index is 12.8. The maximum absolute atomic E-state index is 12.8. The van der Waals surface area contributed by atoms with Gasteiger partial charge in [-0.15, -0.1) is 0 Å². The number of rotatable bonds is 7. The fourth-order valence-corrected chi connectivity index (χ4v) is 4.66. The summed E-state index contributed by atoms with van der Waals surface area (Å²) in [5.74, 6) is -1.32. The summed E-state index contributed by atoms with van der Waals surface area (Å²) < 4.78 is 5.80. The van der Waals surface area contributed by atoms with Crippen LogP contribution in [0, 0.1) is 11.8 Å². The lowest BCUT2D eigenvalue weighted by atomic mass is 9.85. The van der Waals surface area contributed by atoms with Crippen LogP contribution in [0.25, 0.3) is 0 Å². The standard InChI is InChI=1S/C24H29N3O5/c1-16(2)32-20-11-6-5-10-19(20)26-15-14-25(23(30)24(26)31)12-7-13-27-21(28)17-8-3-4-9-18(17)22(27)29/h3-6,10-11,16-18H,7-9,12-15H2,1-2H3. The quantitative estimate of drug-likeness (QED) is 0.368. The van der Waals surface area contributed by atoms with Crippen molar-refractivity contribution in [3.63, 3.8) is 0 Å². The van der Waals surface area contributed by atoms with E-state index < -0.39 is 11.8 Å². The fraction of sp³-hybridized carbons (Fsp3) is 0.500. The molecule has 1 aliphatic carbocycles. The molecule has 3 aliphatic rings. The van der Waals surface area contributed by atoms with Crippen molar-refractivity contribution in [3.8, 4) is 5.75 Å². The molecule has 4 amide bonds. The highest BCUT2D eigenvalue weighted by molar-refractivity contribution is 6.41. The lowest BCUT2D eigenvalue weighted by molar-refractivity contribution is -0.146. The Morgan fingerprint density at radius 3 is 2.22 bits per heavy atom. The van der Waals surface area contributed by atoms with Gasteiger partial charge in [-0.25, -0.2) is 0 Å². The van der Waals surface area contributed by atoms with E-state index >= 15 is 0 Å². The monoisotopic (exact) mass is 439 g/mol. The number of fused-ring (bicyclic) bond motifs is 1. The fourth-order valence-electron chi connectivity index (χ4n) is 4.66. The van der Waals surface area contributed by atoms with E-state index in [-0.39, 0.29) is 36.3 Å². The second-order valence-electron chi connectivity index (χ2n) is 8.72. The number of allylic oxidation sites excluding steroid dienone is 2. The normalized spacial score (nSPS) is 23.4. The molecular weight excluding hydrogens is 410 g/mol. The first-order valence-corrected chi connectivity index (χ1v) is 11.2. The van der Waals surface area contributed by atoms with Crippen LogP contribution in [0.5, 0.6) is 5.75 Å². The Kier molecular flexibility index (Phi) is 6.30. The number of hydrogen-bond donors (Lipinski definition) is 0. The highest BCUT2D eigenvalue weighted by Gasteiger charge is 2.46. The van der Waals surface area contributed by atoms with Crippen molar-refractivity contribution in [3.05, 3.63) is 36.4 Å². The highest BCUT2D eigenvalue weighted by atomic mass is 16.5. The number of carbonyl (C=O) groups is 4. The van der Waals surface area contributed by atoms with Crippen molar-refractivity contribution in [1.82, 2.24) is 9.80 Å². The van der Waals surface area contributed by atoms with Gasteiger partial charge in [-0.05, 0) is 45.2 Å². The molecule has 2 unspecified atom stereocenters. The van der Waals surface area contributed by atoms with Gasteiger partial charge in [0, 0.05) is 26.2 Å². The Hall–Kier alpha value is -3.16. The third-order valence-electron chi connectivity index (χ3n) is 6.24. The van der Waals surface area contributed by atoms with Crippen molar-refractivity contribution in [1.29, 1.82) is 0 Å². The lowest BCUT2D eigenvalue weighted by Gasteiger charge is -2.34. The molecule has 1 aromatic carbocycles. The molecule has 2 atom stereocenters. The van der Waals surface area contributed by atoms with Crippen LogP contribution >= 0.6 is 0 Å². The van der Waals surface area contributed by atoms with E-state index in [1.54, 1.807) is 12.1 Å². The van der Waals surface area contributed by atoms with E-state index in [1.165, 1.54) is 14.7 Å². The van der Waals surface area contributed by atoms with Crippen LogP contribution in [0.4, 0.5) is 5.69 Å². The van der Waals surface area contributed by atoms with Crippen LogP contribution in [-0.4, -0.2) is 65.7 Å². The van der Waals surface area contributed by atoms with Gasteiger partial charge >= 0.3 is 11.8 Å². The molecule has 0 N–H and O–H groups in total. The second-order valence-corrected chi connectivity index (χ2v) is 8.72. The summed E-state index contributed by atoms with van der Waals surface area (Å²) in [6.45, 7) is 5.16. The van der Waals surface area contributed by atoms with E-state index in [1.807, 2.05) is 38.1 Å². The number of amides is 4. The largest absolute Gasteiger partial charge is 0.489 e. The van der Waals surface area contributed by atoms with E-state index in [9.17, 15) is 19.2 Å². The van der Waals surface area contributed by atoms with Gasteiger partial charge in [0.25, 0.3) is 0 Å². The van der Waals surface area contributed by atoms with Gasteiger partial charge < -0.3 is 9.64 Å². The van der Waals surface area contributed by atoms with Crippen LogP contribution in [0.1, 0.15) is 33.1 Å². The first-order valence-electron chi connectivity index (χ1n) is 11.2. The smallest absolute Gasteiger partial charge is 0.316 e. The molecule has 0 aromatic heterocycles. The van der Waals surface area contributed by atoms with Gasteiger partial charge in [0.2, 0.25) is 11.8 Å². The minimum Gasteiger partial charge on any atom is -0.489 e. The number of likely N-dealkylation sites (tertiary alicyclic amines) is 1. The average Bonchev–Trinajstić information content (AvgIpc) is 3.02. The first-order chi connectivity index (χ1) is 15.4. The molecule has 2 heterocycles. The molecule has 4 rings (SSSR count). The number of piperazine rings is 1. The molecule has 2 fully saturated rings. The number of ether oxygens (including phenoxy) is 1. The Morgan fingerprint density at radius 1 is 0.906 bits per heavy atom. The number of anilines is 1.